The Labute approximate surface area is 80.7 Å². The van der Waals surface area contributed by atoms with Crippen molar-refractivity contribution in [2.24, 2.45) is 5.92 Å². The molecule has 0 radical (unpaired) electrons. The number of aliphatic hydroxyl groups excluding tert-OH is 1. The summed E-state index contributed by atoms with van der Waals surface area (Å²) in [5.41, 5.74) is 0. The number of rotatable bonds is 7. The normalized spacial score (nSPS) is 19.4. The summed E-state index contributed by atoms with van der Waals surface area (Å²) in [7, 11) is 2.06. The van der Waals surface area contributed by atoms with E-state index in [4.69, 9.17) is 4.74 Å². The molecule has 78 valence electrons. The van der Waals surface area contributed by atoms with Crippen molar-refractivity contribution in [1.82, 2.24) is 4.90 Å². The Morgan fingerprint density at radius 3 is 2.77 bits per heavy atom. The average molecular weight is 187 g/mol. The highest BCUT2D eigenvalue weighted by molar-refractivity contribution is 4.76. The largest absolute Gasteiger partial charge is 0.389 e. The van der Waals surface area contributed by atoms with Crippen molar-refractivity contribution in [3.63, 3.8) is 0 Å². The minimum Gasteiger partial charge on any atom is -0.389 e. The van der Waals surface area contributed by atoms with Gasteiger partial charge in [-0.25, -0.2) is 0 Å². The van der Waals surface area contributed by atoms with E-state index in [2.05, 4.69) is 11.9 Å². The van der Waals surface area contributed by atoms with Crippen molar-refractivity contribution in [3.05, 3.63) is 0 Å². The van der Waals surface area contributed by atoms with Gasteiger partial charge in [0.05, 0.1) is 12.7 Å². The second-order valence-electron chi connectivity index (χ2n) is 3.98. The Kier molecular flexibility index (Phi) is 4.70. The van der Waals surface area contributed by atoms with E-state index in [9.17, 15) is 5.11 Å². The van der Waals surface area contributed by atoms with Crippen molar-refractivity contribution in [2.75, 3.05) is 33.4 Å². The molecule has 3 nitrogen and oxygen atoms in total. The van der Waals surface area contributed by atoms with Crippen LogP contribution in [0.4, 0.5) is 0 Å². The molecule has 1 fully saturated rings. The van der Waals surface area contributed by atoms with E-state index >= 15 is 0 Å². The predicted octanol–water partition coefficient (Wildman–Crippen LogP) is 0.726. The molecule has 1 rings (SSSR count). The third-order valence-corrected chi connectivity index (χ3v) is 2.30. The van der Waals surface area contributed by atoms with Crippen LogP contribution >= 0.6 is 0 Å². The van der Waals surface area contributed by atoms with Crippen LogP contribution in [-0.2, 0) is 4.74 Å². The monoisotopic (exact) mass is 187 g/mol. The Balaban J connectivity index is 1.99. The van der Waals surface area contributed by atoms with E-state index in [-0.39, 0.29) is 6.10 Å². The maximum Gasteiger partial charge on any atom is 0.0900 e. The molecule has 13 heavy (non-hydrogen) atoms. The second kappa shape index (κ2) is 5.58. The molecule has 0 aromatic carbocycles. The molecule has 1 aliphatic carbocycles. The average Bonchev–Trinajstić information content (AvgIpc) is 2.84. The van der Waals surface area contributed by atoms with E-state index in [1.807, 2.05) is 6.92 Å². The molecule has 1 unspecified atom stereocenters. The van der Waals surface area contributed by atoms with E-state index in [1.54, 1.807) is 0 Å². The number of likely N-dealkylation sites (N-methyl/N-ethyl adjacent to an activating group) is 1. The minimum atomic E-state index is -0.330. The van der Waals surface area contributed by atoms with Crippen LogP contribution in [0.2, 0.25) is 0 Å². The van der Waals surface area contributed by atoms with Gasteiger partial charge in [0.2, 0.25) is 0 Å². The van der Waals surface area contributed by atoms with Gasteiger partial charge < -0.3 is 14.7 Å². The molecule has 3 heteroatoms. The lowest BCUT2D eigenvalue weighted by atomic mass is 10.3. The summed E-state index contributed by atoms with van der Waals surface area (Å²) in [4.78, 5) is 2.20. The summed E-state index contributed by atoms with van der Waals surface area (Å²) < 4.78 is 5.14. The lowest BCUT2D eigenvalue weighted by molar-refractivity contribution is 0.0249. The van der Waals surface area contributed by atoms with Gasteiger partial charge in [-0.1, -0.05) is 0 Å². The summed E-state index contributed by atoms with van der Waals surface area (Å²) in [6.07, 6.45) is 2.40. The van der Waals surface area contributed by atoms with Crippen molar-refractivity contribution < 1.29 is 9.84 Å². The third-order valence-electron chi connectivity index (χ3n) is 2.30. The van der Waals surface area contributed by atoms with E-state index in [0.717, 1.165) is 19.0 Å². The molecule has 1 aliphatic rings. The molecule has 0 aromatic rings. The zero-order valence-corrected chi connectivity index (χ0v) is 8.70. The van der Waals surface area contributed by atoms with Gasteiger partial charge in [-0.05, 0) is 32.7 Å². The van der Waals surface area contributed by atoms with E-state index in [0.29, 0.717) is 13.2 Å². The van der Waals surface area contributed by atoms with Gasteiger partial charge >= 0.3 is 0 Å². The Morgan fingerprint density at radius 1 is 1.54 bits per heavy atom. The van der Waals surface area contributed by atoms with Gasteiger partial charge in [0.15, 0.2) is 0 Å². The number of aliphatic hydroxyl groups is 1. The van der Waals surface area contributed by atoms with Gasteiger partial charge in [-0.3, -0.25) is 0 Å². The summed E-state index contributed by atoms with van der Waals surface area (Å²) in [5, 5.41) is 9.52. The lowest BCUT2D eigenvalue weighted by Crippen LogP contribution is -2.33. The molecule has 0 spiro atoms. The standard InChI is InChI=1S/C10H21NO2/c1-3-13-8-10(12)7-11(2)6-9-4-5-9/h9-10,12H,3-8H2,1-2H3. The smallest absolute Gasteiger partial charge is 0.0900 e. The van der Waals surface area contributed by atoms with Gasteiger partial charge in [0, 0.05) is 19.7 Å². The van der Waals surface area contributed by atoms with Crippen molar-refractivity contribution in [2.45, 2.75) is 25.9 Å². The van der Waals surface area contributed by atoms with Crippen LogP contribution in [-0.4, -0.2) is 49.5 Å². The first kappa shape index (κ1) is 11.0. The summed E-state index contributed by atoms with van der Waals surface area (Å²) >= 11 is 0. The first-order valence-corrected chi connectivity index (χ1v) is 5.16. The molecular formula is C10H21NO2. The zero-order chi connectivity index (χ0) is 9.68. The molecule has 1 saturated carbocycles. The number of ether oxygens (including phenoxy) is 1. The van der Waals surface area contributed by atoms with E-state index < -0.39 is 0 Å². The molecule has 0 aromatic heterocycles. The Bertz CT molecular complexity index is 137. The summed E-state index contributed by atoms with van der Waals surface area (Å²) in [5.74, 6) is 0.893. The second-order valence-corrected chi connectivity index (χ2v) is 3.98. The van der Waals surface area contributed by atoms with Gasteiger partial charge in [-0.15, -0.1) is 0 Å². The van der Waals surface area contributed by atoms with Crippen LogP contribution in [0.1, 0.15) is 19.8 Å². The van der Waals surface area contributed by atoms with Crippen LogP contribution in [0.3, 0.4) is 0 Å². The molecule has 0 heterocycles. The van der Waals surface area contributed by atoms with Crippen LogP contribution in [0.25, 0.3) is 0 Å². The fourth-order valence-corrected chi connectivity index (χ4v) is 1.48. The Hall–Kier alpha value is -0.120. The number of nitrogens with zero attached hydrogens (tertiary/aromatic N) is 1. The van der Waals surface area contributed by atoms with Gasteiger partial charge in [0.1, 0.15) is 0 Å². The molecule has 0 bridgehead atoms. The van der Waals surface area contributed by atoms with Crippen LogP contribution in [0, 0.1) is 5.92 Å². The fraction of sp³-hybridized carbons (Fsp3) is 1.00. The lowest BCUT2D eigenvalue weighted by Gasteiger charge is -2.19. The minimum absolute atomic E-state index is 0.330. The fourth-order valence-electron chi connectivity index (χ4n) is 1.48. The number of hydrogen-bond donors (Lipinski definition) is 1. The molecular weight excluding hydrogens is 166 g/mol. The van der Waals surface area contributed by atoms with Gasteiger partial charge in [-0.2, -0.15) is 0 Å². The quantitative estimate of drug-likeness (QED) is 0.637. The zero-order valence-electron chi connectivity index (χ0n) is 8.70. The van der Waals surface area contributed by atoms with Crippen LogP contribution in [0.15, 0.2) is 0 Å². The molecule has 1 N–H and O–H groups in total. The van der Waals surface area contributed by atoms with Gasteiger partial charge in [0.25, 0.3) is 0 Å². The van der Waals surface area contributed by atoms with Crippen molar-refractivity contribution >= 4 is 0 Å². The maximum absolute atomic E-state index is 9.52. The maximum atomic E-state index is 9.52. The summed E-state index contributed by atoms with van der Waals surface area (Å²) in [6.45, 7) is 4.95. The van der Waals surface area contributed by atoms with Crippen molar-refractivity contribution in [1.29, 1.82) is 0 Å². The predicted molar refractivity (Wildman–Crippen MR) is 52.7 cm³/mol. The number of hydrogen-bond acceptors (Lipinski definition) is 3. The SMILES string of the molecule is CCOCC(O)CN(C)CC1CC1. The van der Waals surface area contributed by atoms with Crippen molar-refractivity contribution in [3.8, 4) is 0 Å². The molecule has 0 amide bonds. The molecule has 0 saturated heterocycles. The van der Waals surface area contributed by atoms with E-state index in [1.165, 1.54) is 12.8 Å². The highest BCUT2D eigenvalue weighted by Crippen LogP contribution is 2.29. The van der Waals surface area contributed by atoms with Crippen LogP contribution < -0.4 is 0 Å². The first-order valence-electron chi connectivity index (χ1n) is 5.16. The summed E-state index contributed by atoms with van der Waals surface area (Å²) in [6, 6.07) is 0. The molecule has 0 aliphatic heterocycles. The topological polar surface area (TPSA) is 32.7 Å². The van der Waals surface area contributed by atoms with Crippen LogP contribution in [0.5, 0.6) is 0 Å². The highest BCUT2D eigenvalue weighted by Gasteiger charge is 2.23. The third kappa shape index (κ3) is 5.24. The molecule has 1 atom stereocenters. The first-order chi connectivity index (χ1) is 6.22. The Morgan fingerprint density at radius 2 is 2.23 bits per heavy atom. The highest BCUT2D eigenvalue weighted by atomic mass is 16.5.